The molecule has 2 aromatic carbocycles. The van der Waals surface area contributed by atoms with E-state index in [9.17, 15) is 14.0 Å². The maximum atomic E-state index is 13.7. The molecule has 2 aromatic rings. The van der Waals surface area contributed by atoms with Crippen LogP contribution in [0.15, 0.2) is 48.5 Å². The lowest BCUT2D eigenvalue weighted by Crippen LogP contribution is -2.62. The molecule has 0 unspecified atom stereocenters. The van der Waals surface area contributed by atoms with Gasteiger partial charge >= 0.3 is 5.97 Å². The van der Waals surface area contributed by atoms with E-state index in [1.807, 2.05) is 24.1 Å². The Kier molecular flexibility index (Phi) is 7.19. The van der Waals surface area contributed by atoms with Gasteiger partial charge in [0.1, 0.15) is 23.7 Å². The summed E-state index contributed by atoms with van der Waals surface area (Å²) in [6.45, 7) is 1.93. The van der Waals surface area contributed by atoms with E-state index in [-0.39, 0.29) is 17.7 Å². The lowest BCUT2D eigenvalue weighted by Gasteiger charge is -2.43. The highest BCUT2D eigenvalue weighted by Crippen LogP contribution is 2.46. The van der Waals surface area contributed by atoms with Gasteiger partial charge in [-0.3, -0.25) is 9.69 Å². The van der Waals surface area contributed by atoms with Gasteiger partial charge in [0.2, 0.25) is 5.91 Å². The molecule has 0 radical (unpaired) electrons. The van der Waals surface area contributed by atoms with Crippen molar-refractivity contribution < 1.29 is 28.2 Å². The van der Waals surface area contributed by atoms with Crippen LogP contribution in [0.3, 0.4) is 0 Å². The van der Waals surface area contributed by atoms with Crippen molar-refractivity contribution in [3.8, 4) is 5.75 Å². The van der Waals surface area contributed by atoms with Crippen LogP contribution in [0.2, 0.25) is 0 Å². The highest BCUT2D eigenvalue weighted by atomic mass is 19.1. The second kappa shape index (κ2) is 10.1. The third-order valence-corrected chi connectivity index (χ3v) is 6.94. The van der Waals surface area contributed by atoms with Gasteiger partial charge in [-0.15, -0.1) is 0 Å². The first kappa shape index (κ1) is 24.2. The predicted molar refractivity (Wildman–Crippen MR) is 124 cm³/mol. The van der Waals surface area contributed by atoms with Gasteiger partial charge in [0.25, 0.3) is 0 Å². The Morgan fingerprint density at radius 1 is 1.03 bits per heavy atom. The van der Waals surface area contributed by atoms with Crippen LogP contribution in [0, 0.1) is 5.82 Å². The molecule has 8 heteroatoms. The number of ether oxygens (including phenoxy) is 3. The molecule has 1 amide bonds. The van der Waals surface area contributed by atoms with Crippen molar-refractivity contribution in [1.29, 1.82) is 0 Å². The molecule has 4 rings (SSSR count). The van der Waals surface area contributed by atoms with Gasteiger partial charge in [-0.2, -0.15) is 0 Å². The largest absolute Gasteiger partial charge is 0.492 e. The zero-order valence-electron chi connectivity index (χ0n) is 19.6. The second-order valence-corrected chi connectivity index (χ2v) is 8.97. The fourth-order valence-corrected chi connectivity index (χ4v) is 4.52. The van der Waals surface area contributed by atoms with Gasteiger partial charge in [0.05, 0.1) is 18.2 Å². The maximum absolute atomic E-state index is 13.7. The molecule has 0 aromatic heterocycles. The second-order valence-electron chi connectivity index (χ2n) is 8.97. The highest BCUT2D eigenvalue weighted by molar-refractivity contribution is 5.89. The molecular formula is C26H31FN2O5. The van der Waals surface area contributed by atoms with Gasteiger partial charge in [-0.25, -0.2) is 9.18 Å². The first-order valence-corrected chi connectivity index (χ1v) is 11.6. The number of methoxy groups -OCH3 is 1. The Morgan fingerprint density at radius 3 is 2.26 bits per heavy atom. The van der Waals surface area contributed by atoms with Gasteiger partial charge in [-0.05, 0) is 74.7 Å². The quantitative estimate of drug-likeness (QED) is 0.567. The van der Waals surface area contributed by atoms with Crippen LogP contribution in [0.1, 0.15) is 41.6 Å². The number of carbonyl (C=O) groups excluding carboxylic acids is 2. The minimum atomic E-state index is -0.702. The van der Waals surface area contributed by atoms with Crippen molar-refractivity contribution in [3.05, 3.63) is 65.5 Å². The molecule has 34 heavy (non-hydrogen) atoms. The van der Waals surface area contributed by atoms with E-state index in [1.54, 1.807) is 24.3 Å². The summed E-state index contributed by atoms with van der Waals surface area (Å²) in [5, 5.41) is 3.32. The van der Waals surface area contributed by atoms with Crippen molar-refractivity contribution in [2.75, 3.05) is 40.5 Å². The van der Waals surface area contributed by atoms with E-state index < -0.39 is 11.1 Å². The number of esters is 1. The Bertz CT molecular complexity index is 999. The smallest absolute Gasteiger partial charge is 0.337 e. The average Bonchev–Trinajstić information content (AvgIpc) is 3.65. The fourth-order valence-electron chi connectivity index (χ4n) is 4.52. The van der Waals surface area contributed by atoms with Crippen LogP contribution < -0.4 is 10.1 Å². The molecule has 1 aliphatic carbocycles. The van der Waals surface area contributed by atoms with Crippen LogP contribution in [0.4, 0.5) is 4.39 Å². The summed E-state index contributed by atoms with van der Waals surface area (Å²) in [5.74, 6) is -0.121. The highest BCUT2D eigenvalue weighted by Gasteiger charge is 2.51. The van der Waals surface area contributed by atoms with Gasteiger partial charge in [-0.1, -0.05) is 12.1 Å². The lowest BCUT2D eigenvalue weighted by atomic mass is 9.86. The molecule has 1 aliphatic heterocycles. The summed E-state index contributed by atoms with van der Waals surface area (Å²) in [6, 6.07) is 13.1. The number of hydrogen-bond acceptors (Lipinski definition) is 6. The summed E-state index contributed by atoms with van der Waals surface area (Å²) in [4.78, 5) is 27.5. The summed E-state index contributed by atoms with van der Waals surface area (Å²) in [7, 11) is 3.29. The molecule has 2 fully saturated rings. The van der Waals surface area contributed by atoms with Crippen molar-refractivity contribution in [2.45, 2.75) is 36.8 Å². The molecular weight excluding hydrogens is 439 g/mol. The molecule has 0 spiro atoms. The molecule has 0 bridgehead atoms. The summed E-state index contributed by atoms with van der Waals surface area (Å²) in [5.41, 5.74) is 0.349. The van der Waals surface area contributed by atoms with Crippen LogP contribution in [-0.2, 0) is 19.8 Å². The SMILES string of the molecule is COC(=O)c1ccc(C2(NC(=O)C3(N(C)CCOc4ccc(F)cc4)CCOCC3)CC2)cc1. The van der Waals surface area contributed by atoms with E-state index in [4.69, 9.17) is 14.2 Å². The monoisotopic (exact) mass is 470 g/mol. The third kappa shape index (κ3) is 5.08. The first-order chi connectivity index (χ1) is 16.4. The Morgan fingerprint density at radius 2 is 1.68 bits per heavy atom. The number of likely N-dealkylation sites (N-methyl/N-ethyl adjacent to an activating group) is 1. The summed E-state index contributed by atoms with van der Waals surface area (Å²) >= 11 is 0. The van der Waals surface area contributed by atoms with Gasteiger partial charge in [0.15, 0.2) is 0 Å². The number of carbonyl (C=O) groups is 2. The van der Waals surface area contributed by atoms with Crippen molar-refractivity contribution in [1.82, 2.24) is 10.2 Å². The Balaban J connectivity index is 1.43. The van der Waals surface area contributed by atoms with Crippen molar-refractivity contribution in [2.24, 2.45) is 0 Å². The normalized spacial score (nSPS) is 18.2. The Hall–Kier alpha value is -2.97. The van der Waals surface area contributed by atoms with Crippen molar-refractivity contribution in [3.63, 3.8) is 0 Å². The minimum absolute atomic E-state index is 0.0189. The molecule has 7 nitrogen and oxygen atoms in total. The third-order valence-electron chi connectivity index (χ3n) is 6.94. The van der Waals surface area contributed by atoms with Crippen LogP contribution in [0.25, 0.3) is 0 Å². The fraction of sp³-hybridized carbons (Fsp3) is 0.462. The molecule has 0 atom stereocenters. The van der Waals surface area contributed by atoms with Crippen LogP contribution in [-0.4, -0.2) is 62.8 Å². The molecule has 1 N–H and O–H groups in total. The number of rotatable bonds is 9. The van der Waals surface area contributed by atoms with E-state index in [0.717, 1.165) is 18.4 Å². The minimum Gasteiger partial charge on any atom is -0.492 e. The van der Waals surface area contributed by atoms with E-state index in [0.29, 0.717) is 50.5 Å². The number of benzene rings is 2. The molecule has 2 aliphatic rings. The van der Waals surface area contributed by atoms with Gasteiger partial charge < -0.3 is 19.5 Å². The topological polar surface area (TPSA) is 77.1 Å². The summed E-state index contributed by atoms with van der Waals surface area (Å²) in [6.07, 6.45) is 2.87. The maximum Gasteiger partial charge on any atom is 0.337 e. The van der Waals surface area contributed by atoms with E-state index in [2.05, 4.69) is 5.32 Å². The number of halogens is 1. The molecule has 1 heterocycles. The first-order valence-electron chi connectivity index (χ1n) is 11.6. The average molecular weight is 471 g/mol. The van der Waals surface area contributed by atoms with E-state index in [1.165, 1.54) is 19.2 Å². The predicted octanol–water partition coefficient (Wildman–Crippen LogP) is 3.28. The summed E-state index contributed by atoms with van der Waals surface area (Å²) < 4.78 is 29.2. The molecule has 182 valence electrons. The number of hydrogen-bond donors (Lipinski definition) is 1. The van der Waals surface area contributed by atoms with Crippen LogP contribution in [0.5, 0.6) is 5.75 Å². The van der Waals surface area contributed by atoms with Crippen LogP contribution >= 0.6 is 0 Å². The Labute approximate surface area is 199 Å². The van der Waals surface area contributed by atoms with E-state index >= 15 is 0 Å². The van der Waals surface area contributed by atoms with Crippen molar-refractivity contribution >= 4 is 11.9 Å². The molecule has 1 saturated heterocycles. The zero-order valence-corrected chi connectivity index (χ0v) is 19.6. The number of nitrogens with zero attached hydrogens (tertiary/aromatic N) is 1. The van der Waals surface area contributed by atoms with Gasteiger partial charge in [0, 0.05) is 19.8 Å². The molecule has 1 saturated carbocycles. The number of nitrogens with one attached hydrogen (secondary N) is 1. The zero-order chi connectivity index (χ0) is 24.2. The number of amides is 1. The standard InChI is InChI=1S/C26H31FN2O5/c1-29(15-18-34-22-9-7-21(27)8-10-22)26(13-16-33-17-14-26)24(31)28-25(11-12-25)20-5-3-19(4-6-20)23(30)32-2/h3-10H,11-18H2,1-2H3,(H,28,31). The lowest BCUT2D eigenvalue weighted by molar-refractivity contribution is -0.140.